The number of allylic oxidation sites excluding steroid dienone is 1. The van der Waals surface area contributed by atoms with Crippen molar-refractivity contribution in [2.24, 2.45) is 10.4 Å². The molecule has 1 aromatic rings. The minimum absolute atomic E-state index is 0.130. The highest BCUT2D eigenvalue weighted by Gasteiger charge is 2.24. The number of nitrogens with two attached hydrogens (primary N) is 1. The first kappa shape index (κ1) is 13.2. The highest BCUT2D eigenvalue weighted by Crippen LogP contribution is 2.27. The van der Waals surface area contributed by atoms with Crippen LogP contribution in [0.15, 0.2) is 53.4 Å². The van der Waals surface area contributed by atoms with E-state index in [9.17, 15) is 0 Å². The molecule has 4 nitrogen and oxygen atoms in total. The molecule has 0 radical (unpaired) electrons. The van der Waals surface area contributed by atoms with E-state index in [2.05, 4.69) is 43.0 Å². The molecule has 0 spiro atoms. The molecule has 1 heterocycles. The second-order valence-corrected chi connectivity index (χ2v) is 5.62. The third-order valence-corrected chi connectivity index (χ3v) is 2.81. The molecular formula is C15H20N4. The first-order valence-corrected chi connectivity index (χ1v) is 6.24. The van der Waals surface area contributed by atoms with Crippen LogP contribution in [-0.4, -0.2) is 5.84 Å². The van der Waals surface area contributed by atoms with Gasteiger partial charge in [0.2, 0.25) is 0 Å². The summed E-state index contributed by atoms with van der Waals surface area (Å²) in [4.78, 5) is 4.36. The molecule has 19 heavy (non-hydrogen) atoms. The van der Waals surface area contributed by atoms with E-state index in [4.69, 9.17) is 5.73 Å². The van der Waals surface area contributed by atoms with E-state index in [1.54, 1.807) is 0 Å². The van der Waals surface area contributed by atoms with Gasteiger partial charge >= 0.3 is 0 Å². The third kappa shape index (κ3) is 3.37. The maximum absolute atomic E-state index is 5.63. The first-order chi connectivity index (χ1) is 8.84. The topological polar surface area (TPSA) is 62.4 Å². The largest absolute Gasteiger partial charge is 0.399 e. The Morgan fingerprint density at radius 2 is 1.84 bits per heavy atom. The summed E-state index contributed by atoms with van der Waals surface area (Å²) >= 11 is 0. The average molecular weight is 256 g/mol. The molecular weight excluding hydrogens is 236 g/mol. The van der Waals surface area contributed by atoms with E-state index in [1.165, 1.54) is 5.70 Å². The number of hydrogen-bond donors (Lipinski definition) is 3. The van der Waals surface area contributed by atoms with Crippen molar-refractivity contribution >= 4 is 17.2 Å². The maximum atomic E-state index is 5.63. The van der Waals surface area contributed by atoms with Crippen molar-refractivity contribution in [3.63, 3.8) is 0 Å². The number of rotatable bonds is 3. The van der Waals surface area contributed by atoms with Crippen molar-refractivity contribution in [1.29, 1.82) is 0 Å². The Hall–Kier alpha value is -2.23. The Kier molecular flexibility index (Phi) is 3.34. The molecule has 1 aliphatic heterocycles. The molecule has 0 saturated carbocycles. The maximum Gasteiger partial charge on any atom is 0.134 e. The van der Waals surface area contributed by atoms with Crippen molar-refractivity contribution < 1.29 is 0 Å². The minimum atomic E-state index is 0.130. The Morgan fingerprint density at radius 3 is 2.37 bits per heavy atom. The summed E-state index contributed by atoms with van der Waals surface area (Å²) in [7, 11) is 0. The van der Waals surface area contributed by atoms with E-state index in [0.717, 1.165) is 17.2 Å². The van der Waals surface area contributed by atoms with E-state index < -0.39 is 0 Å². The van der Waals surface area contributed by atoms with Crippen molar-refractivity contribution in [3.8, 4) is 0 Å². The van der Waals surface area contributed by atoms with Gasteiger partial charge < -0.3 is 16.4 Å². The van der Waals surface area contributed by atoms with E-state index >= 15 is 0 Å². The molecule has 4 N–H and O–H groups in total. The van der Waals surface area contributed by atoms with E-state index in [0.29, 0.717) is 5.82 Å². The quantitative estimate of drug-likeness (QED) is 0.728. The lowest BCUT2D eigenvalue weighted by atomic mass is 9.88. The molecule has 0 amide bonds. The number of aliphatic imine (C=N–C) groups is 1. The fourth-order valence-electron chi connectivity index (χ4n) is 1.64. The summed E-state index contributed by atoms with van der Waals surface area (Å²) in [6.45, 7) is 10.4. The van der Waals surface area contributed by atoms with Crippen LogP contribution in [-0.2, 0) is 0 Å². The van der Waals surface area contributed by atoms with E-state index in [-0.39, 0.29) is 5.41 Å². The fraction of sp³-hybridized carbons (Fsp3) is 0.267. The molecule has 0 aromatic heterocycles. The van der Waals surface area contributed by atoms with Crippen LogP contribution < -0.4 is 16.4 Å². The van der Waals surface area contributed by atoms with Gasteiger partial charge in [-0.3, -0.25) is 0 Å². The van der Waals surface area contributed by atoms with Crippen LogP contribution in [0.1, 0.15) is 20.8 Å². The number of benzene rings is 1. The molecule has 1 aromatic carbocycles. The predicted molar refractivity (Wildman–Crippen MR) is 81.7 cm³/mol. The van der Waals surface area contributed by atoms with Gasteiger partial charge in [-0.15, -0.1) is 0 Å². The predicted octanol–water partition coefficient (Wildman–Crippen LogP) is 3.08. The number of nitrogen functional groups attached to an aromatic ring is 1. The number of nitrogens with zero attached hydrogens (tertiary/aromatic N) is 1. The van der Waals surface area contributed by atoms with Gasteiger partial charge in [-0.25, -0.2) is 4.99 Å². The molecule has 2 rings (SSSR count). The van der Waals surface area contributed by atoms with Crippen molar-refractivity contribution in [3.05, 3.63) is 48.4 Å². The van der Waals surface area contributed by atoms with Gasteiger partial charge in [-0.05, 0) is 24.3 Å². The zero-order valence-electron chi connectivity index (χ0n) is 11.6. The summed E-state index contributed by atoms with van der Waals surface area (Å²) in [5.41, 5.74) is 8.60. The zero-order chi connectivity index (χ0) is 14.0. The average Bonchev–Trinajstić information content (AvgIpc) is 2.24. The summed E-state index contributed by atoms with van der Waals surface area (Å²) in [6, 6.07) is 7.46. The normalized spacial score (nSPS) is 16.4. The number of nitrogens with one attached hydrogen (secondary N) is 2. The molecule has 0 atom stereocenters. The van der Waals surface area contributed by atoms with Gasteiger partial charge in [0.25, 0.3) is 0 Å². The van der Waals surface area contributed by atoms with Crippen LogP contribution in [0.2, 0.25) is 0 Å². The van der Waals surface area contributed by atoms with Gasteiger partial charge in [0.05, 0.1) is 0 Å². The third-order valence-electron chi connectivity index (χ3n) is 2.81. The monoisotopic (exact) mass is 256 g/mol. The fourth-order valence-corrected chi connectivity index (χ4v) is 1.64. The number of anilines is 2. The van der Waals surface area contributed by atoms with Crippen LogP contribution in [0.25, 0.3) is 0 Å². The van der Waals surface area contributed by atoms with Gasteiger partial charge in [0, 0.05) is 28.6 Å². The van der Waals surface area contributed by atoms with Gasteiger partial charge in [-0.2, -0.15) is 0 Å². The van der Waals surface area contributed by atoms with Crippen LogP contribution in [0, 0.1) is 5.41 Å². The molecule has 4 heteroatoms. The van der Waals surface area contributed by atoms with Crippen molar-refractivity contribution in [2.75, 3.05) is 11.1 Å². The second kappa shape index (κ2) is 4.80. The Bertz CT molecular complexity index is 545. The molecule has 0 saturated heterocycles. The molecule has 0 aliphatic carbocycles. The molecule has 0 bridgehead atoms. The highest BCUT2D eigenvalue weighted by molar-refractivity contribution is 6.01. The van der Waals surface area contributed by atoms with Gasteiger partial charge in [0.1, 0.15) is 11.7 Å². The lowest BCUT2D eigenvalue weighted by Crippen LogP contribution is -2.38. The minimum Gasteiger partial charge on any atom is -0.399 e. The zero-order valence-corrected chi connectivity index (χ0v) is 11.6. The van der Waals surface area contributed by atoms with Crippen molar-refractivity contribution in [2.45, 2.75) is 20.8 Å². The molecule has 0 fully saturated rings. The lowest BCUT2D eigenvalue weighted by molar-refractivity contribution is 0.475. The molecule has 0 unspecified atom stereocenters. The number of amidine groups is 1. The van der Waals surface area contributed by atoms with Crippen molar-refractivity contribution in [1.82, 2.24) is 5.32 Å². The van der Waals surface area contributed by atoms with Crippen LogP contribution in [0.3, 0.4) is 0 Å². The molecule has 100 valence electrons. The summed E-state index contributed by atoms with van der Waals surface area (Å²) < 4.78 is 0. The summed E-state index contributed by atoms with van der Waals surface area (Å²) in [5.74, 6) is 1.43. The van der Waals surface area contributed by atoms with Gasteiger partial charge in [-0.1, -0.05) is 27.4 Å². The van der Waals surface area contributed by atoms with Crippen LogP contribution in [0.5, 0.6) is 0 Å². The van der Waals surface area contributed by atoms with Crippen LogP contribution >= 0.6 is 0 Å². The Balaban J connectivity index is 1.97. The van der Waals surface area contributed by atoms with E-state index in [1.807, 2.05) is 30.3 Å². The summed E-state index contributed by atoms with van der Waals surface area (Å²) in [5, 5.41) is 6.35. The Morgan fingerprint density at radius 1 is 1.26 bits per heavy atom. The molecule has 1 aliphatic rings. The van der Waals surface area contributed by atoms with Gasteiger partial charge in [0.15, 0.2) is 0 Å². The second-order valence-electron chi connectivity index (χ2n) is 5.62. The lowest BCUT2D eigenvalue weighted by Gasteiger charge is -2.31. The summed E-state index contributed by atoms with van der Waals surface area (Å²) in [6.07, 6.45) is 2.04. The highest BCUT2D eigenvalue weighted by atomic mass is 15.1. The Labute approximate surface area is 114 Å². The smallest absolute Gasteiger partial charge is 0.134 e. The first-order valence-electron chi connectivity index (χ1n) is 6.24. The van der Waals surface area contributed by atoms with Crippen LogP contribution in [0.4, 0.5) is 11.4 Å². The standard InChI is InChI=1S/C15H20N4/c1-10(17-12-7-5-11(16)6-8-12)18-14-9-13(19-14)15(2,3)4/h5-9,17H,1,16H2,2-4H3,(H,18,19). The SMILES string of the molecule is C=C(/N=C1\C=C(C(C)(C)C)N1)Nc1ccc(N)cc1. The number of hydrogen-bond acceptors (Lipinski definition) is 3.